The van der Waals surface area contributed by atoms with E-state index in [0.717, 1.165) is 19.4 Å². The second-order valence-corrected chi connectivity index (χ2v) is 9.55. The Morgan fingerprint density at radius 3 is 2.70 bits per heavy atom. The number of piperazine rings is 1. The maximum atomic E-state index is 12.6. The maximum Gasteiger partial charge on any atom is 0.243 e. The topological polar surface area (TPSA) is 121 Å². The van der Waals surface area contributed by atoms with Crippen LogP contribution in [0.15, 0.2) is 21.8 Å². The molecule has 12 heteroatoms. The van der Waals surface area contributed by atoms with Crippen LogP contribution in [0.2, 0.25) is 0 Å². The lowest BCUT2D eigenvalue weighted by Gasteiger charge is -2.36. The van der Waals surface area contributed by atoms with Crippen LogP contribution in [0, 0.1) is 0 Å². The summed E-state index contributed by atoms with van der Waals surface area (Å²) in [5.41, 5.74) is 0.389. The molecule has 1 atom stereocenters. The van der Waals surface area contributed by atoms with Gasteiger partial charge in [-0.2, -0.15) is 4.31 Å². The van der Waals surface area contributed by atoms with Gasteiger partial charge in [0.1, 0.15) is 18.6 Å². The fourth-order valence-corrected chi connectivity index (χ4v) is 4.76. The summed E-state index contributed by atoms with van der Waals surface area (Å²) in [6.07, 6.45) is 3.52. The zero-order chi connectivity index (χ0) is 21.6. The van der Waals surface area contributed by atoms with Crippen molar-refractivity contribution in [2.45, 2.75) is 24.7 Å². The molecule has 0 saturated carbocycles. The molecule has 2 fully saturated rings. The number of hydrogen-bond acceptors (Lipinski definition) is 7. The molecule has 11 nitrogen and oxygen atoms in total. The first-order valence-electron chi connectivity index (χ1n) is 10.1. The van der Waals surface area contributed by atoms with Crippen molar-refractivity contribution in [2.75, 3.05) is 60.0 Å². The van der Waals surface area contributed by atoms with Gasteiger partial charge in [-0.15, -0.1) is 0 Å². The summed E-state index contributed by atoms with van der Waals surface area (Å²) in [5, 5.41) is 6.99. The van der Waals surface area contributed by atoms with Crippen molar-refractivity contribution in [2.24, 2.45) is 4.99 Å². The Kier molecular flexibility index (Phi) is 7.67. The minimum Gasteiger partial charge on any atom is -0.376 e. The molecule has 1 aromatic heterocycles. The van der Waals surface area contributed by atoms with Crippen LogP contribution >= 0.6 is 0 Å². The monoisotopic (exact) mass is 442 g/mol. The van der Waals surface area contributed by atoms with E-state index in [0.29, 0.717) is 44.4 Å². The summed E-state index contributed by atoms with van der Waals surface area (Å²) < 4.78 is 37.1. The Labute approximate surface area is 177 Å². The third-order valence-electron chi connectivity index (χ3n) is 5.13. The first kappa shape index (κ1) is 22.5. The Morgan fingerprint density at radius 2 is 2.10 bits per heavy atom. The van der Waals surface area contributed by atoms with E-state index in [1.54, 1.807) is 20.2 Å². The molecule has 30 heavy (non-hydrogen) atoms. The highest BCUT2D eigenvalue weighted by Gasteiger charge is 2.29. The minimum atomic E-state index is -3.47. The molecule has 0 radical (unpaired) electrons. The fourth-order valence-electron chi connectivity index (χ4n) is 3.33. The summed E-state index contributed by atoms with van der Waals surface area (Å²) in [6.45, 7) is 3.03. The molecular weight excluding hydrogens is 412 g/mol. The molecule has 2 saturated heterocycles. The van der Waals surface area contributed by atoms with Crippen LogP contribution in [0.5, 0.6) is 0 Å². The quantitative estimate of drug-likeness (QED) is 0.436. The number of guanidine groups is 1. The molecule has 0 bridgehead atoms. The summed E-state index contributed by atoms with van der Waals surface area (Å²) in [6, 6.07) is 1.55. The SMILES string of the molecule is CN(C)C(=O)CN=C(NCC1CCCO1)N1CCN(S(=O)(=O)Cc2ccon2)CC1. The van der Waals surface area contributed by atoms with Crippen molar-refractivity contribution in [3.05, 3.63) is 18.0 Å². The molecule has 1 amide bonds. The van der Waals surface area contributed by atoms with Gasteiger partial charge in [0.2, 0.25) is 15.9 Å². The van der Waals surface area contributed by atoms with Gasteiger partial charge in [-0.1, -0.05) is 5.16 Å². The average Bonchev–Trinajstić information content (AvgIpc) is 3.42. The van der Waals surface area contributed by atoms with Crippen LogP contribution in [-0.4, -0.2) is 106 Å². The van der Waals surface area contributed by atoms with Crippen LogP contribution in [0.3, 0.4) is 0 Å². The highest BCUT2D eigenvalue weighted by molar-refractivity contribution is 7.88. The van der Waals surface area contributed by atoms with Crippen LogP contribution in [0.1, 0.15) is 18.5 Å². The van der Waals surface area contributed by atoms with Gasteiger partial charge in [-0.25, -0.2) is 13.4 Å². The second-order valence-electron chi connectivity index (χ2n) is 7.58. The van der Waals surface area contributed by atoms with Crippen molar-refractivity contribution in [1.29, 1.82) is 0 Å². The summed E-state index contributed by atoms with van der Waals surface area (Å²) in [4.78, 5) is 19.9. The molecule has 1 N–H and O–H groups in total. The lowest BCUT2D eigenvalue weighted by molar-refractivity contribution is -0.127. The highest BCUT2D eigenvalue weighted by atomic mass is 32.2. The number of carbonyl (C=O) groups is 1. The van der Waals surface area contributed by atoms with Gasteiger partial charge < -0.3 is 24.4 Å². The number of ether oxygens (including phenoxy) is 1. The lowest BCUT2D eigenvalue weighted by Crippen LogP contribution is -2.54. The van der Waals surface area contributed by atoms with Gasteiger partial charge in [0, 0.05) is 59.5 Å². The first-order valence-corrected chi connectivity index (χ1v) is 11.7. The molecule has 1 aromatic rings. The standard InChI is InChI=1S/C18H30N6O5S/c1-22(2)17(25)13-20-18(19-12-16-4-3-10-28-16)23-6-8-24(9-7-23)30(26,27)14-15-5-11-29-21-15/h5,11,16H,3-4,6-10,12-14H2,1-2H3,(H,19,20). The van der Waals surface area contributed by atoms with Gasteiger partial charge >= 0.3 is 0 Å². The van der Waals surface area contributed by atoms with Gasteiger partial charge in [0.25, 0.3) is 0 Å². The van der Waals surface area contributed by atoms with Crippen molar-refractivity contribution in [1.82, 2.24) is 24.6 Å². The van der Waals surface area contributed by atoms with Crippen molar-refractivity contribution < 1.29 is 22.5 Å². The molecule has 0 aliphatic carbocycles. The third-order valence-corrected chi connectivity index (χ3v) is 6.94. The van der Waals surface area contributed by atoms with Gasteiger partial charge in [0.05, 0.1) is 11.8 Å². The van der Waals surface area contributed by atoms with E-state index < -0.39 is 10.0 Å². The van der Waals surface area contributed by atoms with Crippen molar-refractivity contribution >= 4 is 21.9 Å². The molecular formula is C18H30N6O5S. The van der Waals surface area contributed by atoms with Crippen LogP contribution < -0.4 is 5.32 Å². The zero-order valence-corrected chi connectivity index (χ0v) is 18.3. The number of likely N-dealkylation sites (N-methyl/N-ethyl adjacent to an activating group) is 1. The van der Waals surface area contributed by atoms with E-state index in [1.807, 2.05) is 4.90 Å². The second kappa shape index (κ2) is 10.2. The van der Waals surface area contributed by atoms with Crippen LogP contribution in [0.25, 0.3) is 0 Å². The zero-order valence-electron chi connectivity index (χ0n) is 17.5. The summed E-state index contributed by atoms with van der Waals surface area (Å²) in [5.74, 6) is 0.327. The van der Waals surface area contributed by atoms with E-state index in [1.165, 1.54) is 15.5 Å². The molecule has 0 aromatic carbocycles. The Bertz CT molecular complexity index is 812. The maximum absolute atomic E-state index is 12.6. The largest absolute Gasteiger partial charge is 0.376 e. The fraction of sp³-hybridized carbons (Fsp3) is 0.722. The molecule has 2 aliphatic heterocycles. The summed E-state index contributed by atoms with van der Waals surface area (Å²) >= 11 is 0. The number of sulfonamides is 1. The molecule has 3 rings (SSSR count). The smallest absolute Gasteiger partial charge is 0.243 e. The van der Waals surface area contributed by atoms with Gasteiger partial charge in [-0.3, -0.25) is 4.79 Å². The highest BCUT2D eigenvalue weighted by Crippen LogP contribution is 2.14. The number of hydrogen-bond donors (Lipinski definition) is 1. The van der Waals surface area contributed by atoms with E-state index >= 15 is 0 Å². The van der Waals surface area contributed by atoms with E-state index in [4.69, 9.17) is 9.26 Å². The van der Waals surface area contributed by atoms with Crippen LogP contribution in [0.4, 0.5) is 0 Å². The number of nitrogens with zero attached hydrogens (tertiary/aromatic N) is 5. The van der Waals surface area contributed by atoms with Gasteiger partial charge in [0.15, 0.2) is 5.96 Å². The van der Waals surface area contributed by atoms with E-state index in [-0.39, 0.29) is 24.3 Å². The normalized spacial score (nSPS) is 21.1. The number of carbonyl (C=O) groups excluding carboxylic acids is 1. The lowest BCUT2D eigenvalue weighted by atomic mass is 10.2. The number of nitrogens with one attached hydrogen (secondary N) is 1. The van der Waals surface area contributed by atoms with E-state index in [2.05, 4.69) is 15.5 Å². The van der Waals surface area contributed by atoms with Crippen LogP contribution in [-0.2, 0) is 25.3 Å². The van der Waals surface area contributed by atoms with Crippen molar-refractivity contribution in [3.8, 4) is 0 Å². The Hall–Kier alpha value is -2.18. The number of aromatic nitrogens is 1. The van der Waals surface area contributed by atoms with Gasteiger partial charge in [-0.05, 0) is 12.8 Å². The van der Waals surface area contributed by atoms with Crippen molar-refractivity contribution in [3.63, 3.8) is 0 Å². The molecule has 3 heterocycles. The first-order chi connectivity index (χ1) is 14.3. The number of rotatable bonds is 7. The Balaban J connectivity index is 1.59. The summed E-state index contributed by atoms with van der Waals surface area (Å²) in [7, 11) is -0.0940. The third kappa shape index (κ3) is 6.16. The molecule has 1 unspecified atom stereocenters. The Morgan fingerprint density at radius 1 is 1.33 bits per heavy atom. The average molecular weight is 443 g/mol. The number of amides is 1. The molecule has 0 spiro atoms. The molecule has 168 valence electrons. The number of aliphatic imine (C=N–C) groups is 1. The molecule has 2 aliphatic rings. The minimum absolute atomic E-state index is 0.0333. The predicted molar refractivity (Wildman–Crippen MR) is 110 cm³/mol. The van der Waals surface area contributed by atoms with E-state index in [9.17, 15) is 13.2 Å². The predicted octanol–water partition coefficient (Wildman–Crippen LogP) is -0.665.